The van der Waals surface area contributed by atoms with Gasteiger partial charge in [0.2, 0.25) is 0 Å². The summed E-state index contributed by atoms with van der Waals surface area (Å²) in [5.74, 6) is 0.531. The molecular formula is C28H30N4O5. The summed E-state index contributed by atoms with van der Waals surface area (Å²) in [6.07, 6.45) is 1.54. The summed E-state index contributed by atoms with van der Waals surface area (Å²) in [5.41, 5.74) is 5.59. The van der Waals surface area contributed by atoms with Crippen molar-refractivity contribution in [2.45, 2.75) is 6.54 Å². The summed E-state index contributed by atoms with van der Waals surface area (Å²) >= 11 is 0. The van der Waals surface area contributed by atoms with Crippen molar-refractivity contribution >= 4 is 23.7 Å². The van der Waals surface area contributed by atoms with Gasteiger partial charge in [-0.15, -0.1) is 0 Å². The van der Waals surface area contributed by atoms with Crippen molar-refractivity contribution in [1.82, 2.24) is 10.3 Å². The number of ether oxygens (including phenoxy) is 3. The van der Waals surface area contributed by atoms with E-state index in [1.165, 1.54) is 0 Å². The van der Waals surface area contributed by atoms with Crippen molar-refractivity contribution in [1.29, 1.82) is 0 Å². The van der Waals surface area contributed by atoms with Gasteiger partial charge in [-0.1, -0.05) is 24.3 Å². The average Bonchev–Trinajstić information content (AvgIpc) is 2.94. The lowest BCUT2D eigenvalue weighted by Gasteiger charge is -2.26. The second kappa shape index (κ2) is 13.2. The van der Waals surface area contributed by atoms with E-state index in [-0.39, 0.29) is 18.4 Å². The van der Waals surface area contributed by atoms with Crippen LogP contribution in [0.4, 0.5) is 5.69 Å². The van der Waals surface area contributed by atoms with Crippen LogP contribution in [0.2, 0.25) is 0 Å². The number of hydrogen-bond donors (Lipinski definition) is 2. The van der Waals surface area contributed by atoms with Crippen molar-refractivity contribution in [3.8, 4) is 11.5 Å². The number of hydrogen-bond acceptors (Lipinski definition) is 7. The number of methoxy groups -OCH3 is 1. The van der Waals surface area contributed by atoms with Crippen LogP contribution < -0.4 is 20.2 Å². The van der Waals surface area contributed by atoms with E-state index in [1.807, 2.05) is 24.3 Å². The summed E-state index contributed by atoms with van der Waals surface area (Å²) in [6.45, 7) is 4.06. The maximum atomic E-state index is 12.4. The lowest BCUT2D eigenvalue weighted by atomic mass is 10.1. The van der Waals surface area contributed by atoms with Gasteiger partial charge in [0.05, 0.1) is 32.2 Å². The molecule has 3 aromatic carbocycles. The Hall–Kier alpha value is -4.21. The van der Waals surface area contributed by atoms with E-state index in [4.69, 9.17) is 14.2 Å². The molecule has 1 aliphatic rings. The normalized spacial score (nSPS) is 13.8. The Labute approximate surface area is 216 Å². The summed E-state index contributed by atoms with van der Waals surface area (Å²) in [7, 11) is 1.54. The topological polar surface area (TPSA) is 101 Å². The van der Waals surface area contributed by atoms with Crippen molar-refractivity contribution in [3.63, 3.8) is 0 Å². The first-order valence-corrected chi connectivity index (χ1v) is 12.0. The summed E-state index contributed by atoms with van der Waals surface area (Å²) in [6, 6.07) is 21.7. The Bertz CT molecular complexity index is 1210. The van der Waals surface area contributed by atoms with Gasteiger partial charge in [0, 0.05) is 25.2 Å². The lowest BCUT2D eigenvalue weighted by molar-refractivity contribution is -0.118. The van der Waals surface area contributed by atoms with Gasteiger partial charge in [-0.25, -0.2) is 5.43 Å². The highest BCUT2D eigenvalue weighted by molar-refractivity contribution is 5.95. The van der Waals surface area contributed by atoms with E-state index in [1.54, 1.807) is 61.9 Å². The Balaban J connectivity index is 1.21. The third kappa shape index (κ3) is 7.89. The number of nitrogens with zero attached hydrogens (tertiary/aromatic N) is 2. The molecule has 0 saturated carbocycles. The number of benzene rings is 3. The Morgan fingerprint density at radius 3 is 2.46 bits per heavy atom. The molecule has 0 spiro atoms. The second-order valence-corrected chi connectivity index (χ2v) is 8.39. The second-order valence-electron chi connectivity index (χ2n) is 8.39. The number of rotatable bonds is 10. The first-order chi connectivity index (χ1) is 18.1. The van der Waals surface area contributed by atoms with Crippen LogP contribution >= 0.6 is 0 Å². The van der Waals surface area contributed by atoms with E-state index in [2.05, 4.69) is 20.7 Å². The third-order valence-corrected chi connectivity index (χ3v) is 5.74. The van der Waals surface area contributed by atoms with Crippen LogP contribution in [0.15, 0.2) is 77.9 Å². The van der Waals surface area contributed by atoms with E-state index in [0.29, 0.717) is 22.7 Å². The van der Waals surface area contributed by atoms with Crippen molar-refractivity contribution in [3.05, 3.63) is 89.5 Å². The van der Waals surface area contributed by atoms with Crippen molar-refractivity contribution < 1.29 is 23.8 Å². The number of para-hydroxylation sites is 2. The number of amides is 2. The predicted octanol–water partition coefficient (Wildman–Crippen LogP) is 3.31. The van der Waals surface area contributed by atoms with Crippen LogP contribution in [0.25, 0.3) is 0 Å². The quantitative estimate of drug-likeness (QED) is 0.326. The number of carbonyl (C=O) groups is 2. The molecule has 4 rings (SSSR count). The number of nitrogens with one attached hydrogen (secondary N) is 2. The van der Waals surface area contributed by atoms with Gasteiger partial charge in [0.15, 0.2) is 6.61 Å². The van der Waals surface area contributed by atoms with Gasteiger partial charge in [-0.05, 0) is 59.7 Å². The zero-order valence-electron chi connectivity index (χ0n) is 20.7. The van der Waals surface area contributed by atoms with Gasteiger partial charge >= 0.3 is 0 Å². The van der Waals surface area contributed by atoms with Gasteiger partial charge in [-0.2, -0.15) is 5.10 Å². The van der Waals surface area contributed by atoms with Crippen LogP contribution in [-0.4, -0.2) is 62.9 Å². The first-order valence-electron chi connectivity index (χ1n) is 12.0. The molecule has 0 atom stereocenters. The molecule has 1 fully saturated rings. The minimum absolute atomic E-state index is 0.146. The summed E-state index contributed by atoms with van der Waals surface area (Å²) in [5, 5.41) is 6.80. The Morgan fingerprint density at radius 1 is 1.00 bits per heavy atom. The minimum Gasteiger partial charge on any atom is -0.495 e. The molecule has 2 N–H and O–H groups in total. The molecule has 2 amide bonds. The molecule has 0 aromatic heterocycles. The van der Waals surface area contributed by atoms with E-state index < -0.39 is 0 Å². The molecule has 1 aliphatic heterocycles. The number of carbonyl (C=O) groups excluding carboxylic acids is 2. The van der Waals surface area contributed by atoms with Crippen molar-refractivity contribution in [2.24, 2.45) is 5.10 Å². The van der Waals surface area contributed by atoms with Gasteiger partial charge < -0.3 is 19.5 Å². The molecular weight excluding hydrogens is 472 g/mol. The zero-order valence-corrected chi connectivity index (χ0v) is 20.7. The highest BCUT2D eigenvalue weighted by Crippen LogP contribution is 2.23. The first kappa shape index (κ1) is 25.9. The summed E-state index contributed by atoms with van der Waals surface area (Å²) in [4.78, 5) is 26.9. The van der Waals surface area contributed by atoms with E-state index in [9.17, 15) is 9.59 Å². The smallest absolute Gasteiger partial charge is 0.271 e. The van der Waals surface area contributed by atoms with E-state index in [0.717, 1.165) is 44.0 Å². The maximum Gasteiger partial charge on any atom is 0.271 e. The molecule has 0 radical (unpaired) electrons. The highest BCUT2D eigenvalue weighted by Gasteiger charge is 2.11. The molecule has 9 nitrogen and oxygen atoms in total. The Morgan fingerprint density at radius 2 is 1.73 bits per heavy atom. The largest absolute Gasteiger partial charge is 0.495 e. The van der Waals surface area contributed by atoms with Crippen LogP contribution in [0, 0.1) is 0 Å². The van der Waals surface area contributed by atoms with Gasteiger partial charge in [-0.3, -0.25) is 14.5 Å². The summed E-state index contributed by atoms with van der Waals surface area (Å²) < 4.78 is 16.2. The molecule has 0 aliphatic carbocycles. The number of anilines is 1. The molecule has 0 unspecified atom stereocenters. The standard InChI is InChI=1S/C28H30N4O5/c1-35-26-5-3-2-4-25(26)30-27(33)20-37-24-12-8-21(9-13-24)18-29-31-28(34)23-10-6-22(7-11-23)19-32-14-16-36-17-15-32/h2-13,18H,14-17,19-20H2,1H3,(H,30,33)(H,31,34)/b29-18+. The molecule has 9 heteroatoms. The van der Waals surface area contributed by atoms with Gasteiger partial charge in [0.1, 0.15) is 11.5 Å². The third-order valence-electron chi connectivity index (χ3n) is 5.74. The van der Waals surface area contributed by atoms with Crippen molar-refractivity contribution in [2.75, 3.05) is 45.3 Å². The molecule has 192 valence electrons. The molecule has 0 bridgehead atoms. The van der Waals surface area contributed by atoms with Gasteiger partial charge in [0.25, 0.3) is 11.8 Å². The minimum atomic E-state index is -0.299. The predicted molar refractivity (Wildman–Crippen MR) is 141 cm³/mol. The van der Waals surface area contributed by atoms with Crippen LogP contribution in [0.3, 0.4) is 0 Å². The maximum absolute atomic E-state index is 12.4. The SMILES string of the molecule is COc1ccccc1NC(=O)COc1ccc(/C=N/NC(=O)c2ccc(CN3CCOCC3)cc2)cc1. The zero-order chi connectivity index (χ0) is 25.9. The number of morpholine rings is 1. The number of hydrazone groups is 1. The molecule has 1 saturated heterocycles. The lowest BCUT2D eigenvalue weighted by Crippen LogP contribution is -2.35. The Kier molecular flexibility index (Phi) is 9.23. The fourth-order valence-electron chi connectivity index (χ4n) is 3.74. The van der Waals surface area contributed by atoms with Crippen LogP contribution in [0.5, 0.6) is 11.5 Å². The fourth-order valence-corrected chi connectivity index (χ4v) is 3.74. The molecule has 3 aromatic rings. The van der Waals surface area contributed by atoms with E-state index >= 15 is 0 Å². The monoisotopic (exact) mass is 502 g/mol. The van der Waals surface area contributed by atoms with Crippen LogP contribution in [0.1, 0.15) is 21.5 Å². The fraction of sp³-hybridized carbons (Fsp3) is 0.250. The highest BCUT2D eigenvalue weighted by atomic mass is 16.5. The van der Waals surface area contributed by atoms with Crippen LogP contribution in [-0.2, 0) is 16.1 Å². The molecule has 1 heterocycles. The average molecular weight is 503 g/mol. The molecule has 37 heavy (non-hydrogen) atoms.